The van der Waals surface area contributed by atoms with Crippen molar-refractivity contribution >= 4 is 38.6 Å². The molecule has 0 radical (unpaired) electrons. The predicted octanol–water partition coefficient (Wildman–Crippen LogP) is 3.71. The van der Waals surface area contributed by atoms with Crippen molar-refractivity contribution in [1.29, 1.82) is 0 Å². The highest BCUT2D eigenvalue weighted by molar-refractivity contribution is 7.91. The van der Waals surface area contributed by atoms with Gasteiger partial charge in [-0.2, -0.15) is 8.78 Å². The maximum Gasteiger partial charge on any atom is 0.411 e. The van der Waals surface area contributed by atoms with Crippen molar-refractivity contribution in [3.05, 3.63) is 70.1 Å². The SMILES string of the molecule is CCOC(=O)Nc1ccc2c(COC(=O)c3ccc(S(=O)(=O)C(F)F)cc3)cc(=O)oc2c1. The number of sulfone groups is 1. The van der Waals surface area contributed by atoms with Gasteiger partial charge in [0.05, 0.1) is 17.1 Å². The highest BCUT2D eigenvalue weighted by atomic mass is 32.2. The van der Waals surface area contributed by atoms with Gasteiger partial charge in [0.2, 0.25) is 9.84 Å². The molecular formula is C21H17F2NO8S. The molecule has 12 heteroatoms. The minimum absolute atomic E-state index is 0.0728. The molecule has 0 spiro atoms. The molecule has 1 amide bonds. The van der Waals surface area contributed by atoms with Gasteiger partial charge in [-0.1, -0.05) is 0 Å². The lowest BCUT2D eigenvalue weighted by atomic mass is 10.1. The van der Waals surface area contributed by atoms with Crippen LogP contribution in [0.5, 0.6) is 0 Å². The van der Waals surface area contributed by atoms with Crippen molar-refractivity contribution in [2.45, 2.75) is 24.2 Å². The summed E-state index contributed by atoms with van der Waals surface area (Å²) in [5.74, 6) is -4.45. The maximum absolute atomic E-state index is 12.6. The molecule has 0 fully saturated rings. The van der Waals surface area contributed by atoms with Gasteiger partial charge in [0, 0.05) is 28.8 Å². The highest BCUT2D eigenvalue weighted by Crippen LogP contribution is 2.23. The third-order valence-corrected chi connectivity index (χ3v) is 5.76. The third-order valence-electron chi connectivity index (χ3n) is 4.36. The number of esters is 1. The van der Waals surface area contributed by atoms with E-state index in [1.165, 1.54) is 12.1 Å². The van der Waals surface area contributed by atoms with E-state index >= 15 is 0 Å². The van der Waals surface area contributed by atoms with E-state index in [0.717, 1.165) is 30.3 Å². The Balaban J connectivity index is 1.77. The van der Waals surface area contributed by atoms with Crippen LogP contribution in [0.15, 0.2) is 62.6 Å². The molecule has 1 aromatic heterocycles. The number of fused-ring (bicyclic) bond motifs is 1. The Kier molecular flexibility index (Phi) is 7.07. The third kappa shape index (κ3) is 5.52. The Bertz CT molecular complexity index is 1350. The molecule has 1 heterocycles. The molecule has 3 aromatic rings. The number of benzene rings is 2. The van der Waals surface area contributed by atoms with Crippen LogP contribution in [0, 0.1) is 0 Å². The van der Waals surface area contributed by atoms with Crippen molar-refractivity contribution in [1.82, 2.24) is 0 Å². The first-order chi connectivity index (χ1) is 15.6. The summed E-state index contributed by atoms with van der Waals surface area (Å²) in [5, 5.41) is 2.91. The van der Waals surface area contributed by atoms with Crippen molar-refractivity contribution in [2.75, 3.05) is 11.9 Å². The fourth-order valence-corrected chi connectivity index (χ4v) is 3.54. The summed E-state index contributed by atoms with van der Waals surface area (Å²) < 4.78 is 63.2. The zero-order valence-corrected chi connectivity index (χ0v) is 17.9. The first-order valence-electron chi connectivity index (χ1n) is 9.41. The van der Waals surface area contributed by atoms with E-state index in [9.17, 15) is 31.6 Å². The molecule has 0 aliphatic rings. The van der Waals surface area contributed by atoms with E-state index in [1.54, 1.807) is 13.0 Å². The Morgan fingerprint density at radius 1 is 1.06 bits per heavy atom. The van der Waals surface area contributed by atoms with Crippen LogP contribution in [-0.2, 0) is 25.9 Å². The Hall–Kier alpha value is -3.80. The summed E-state index contributed by atoms with van der Waals surface area (Å²) >= 11 is 0. The normalized spacial score (nSPS) is 11.4. The lowest BCUT2D eigenvalue weighted by Crippen LogP contribution is -2.13. The van der Waals surface area contributed by atoms with Gasteiger partial charge in [-0.25, -0.2) is 22.8 Å². The lowest BCUT2D eigenvalue weighted by molar-refractivity contribution is 0.0473. The molecule has 1 N–H and O–H groups in total. The number of nitrogens with one attached hydrogen (secondary N) is 1. The highest BCUT2D eigenvalue weighted by Gasteiger charge is 2.26. The van der Waals surface area contributed by atoms with Crippen LogP contribution < -0.4 is 10.9 Å². The monoisotopic (exact) mass is 481 g/mol. The predicted molar refractivity (Wildman–Crippen MR) is 112 cm³/mol. The van der Waals surface area contributed by atoms with E-state index in [0.29, 0.717) is 16.6 Å². The molecule has 9 nitrogen and oxygen atoms in total. The fourth-order valence-electron chi connectivity index (χ4n) is 2.82. The van der Waals surface area contributed by atoms with Crippen molar-refractivity contribution < 1.29 is 40.7 Å². The number of halogens is 2. The summed E-state index contributed by atoms with van der Waals surface area (Å²) in [7, 11) is -4.78. The Labute approximate surface area is 185 Å². The molecule has 3 rings (SSSR count). The molecule has 0 saturated heterocycles. The molecule has 174 valence electrons. The standard InChI is InChI=1S/C21H17F2NO8S/c1-2-30-21(27)24-14-5-8-16-13(9-18(25)32-17(16)10-14)11-31-19(26)12-3-6-15(7-4-12)33(28,29)20(22)23/h3-10,20H,2,11H2,1H3,(H,24,27). The number of alkyl halides is 2. The van der Waals surface area contributed by atoms with Gasteiger partial charge in [-0.15, -0.1) is 0 Å². The van der Waals surface area contributed by atoms with Gasteiger partial charge in [0.15, 0.2) is 0 Å². The maximum atomic E-state index is 12.6. The minimum atomic E-state index is -4.78. The van der Waals surface area contributed by atoms with Crippen molar-refractivity contribution in [2.24, 2.45) is 0 Å². The van der Waals surface area contributed by atoms with Crippen LogP contribution in [0.3, 0.4) is 0 Å². The molecule has 0 unspecified atom stereocenters. The van der Waals surface area contributed by atoms with Crippen LogP contribution >= 0.6 is 0 Å². The molecule has 0 aliphatic heterocycles. The van der Waals surface area contributed by atoms with Crippen LogP contribution in [0.2, 0.25) is 0 Å². The smallest absolute Gasteiger partial charge is 0.411 e. The largest absolute Gasteiger partial charge is 0.457 e. The van der Waals surface area contributed by atoms with E-state index in [2.05, 4.69) is 5.32 Å². The average molecular weight is 481 g/mol. The quantitative estimate of drug-likeness (QED) is 0.399. The van der Waals surface area contributed by atoms with Gasteiger partial charge in [-0.05, 0) is 43.3 Å². The molecule has 0 atom stereocenters. The summed E-state index contributed by atoms with van der Waals surface area (Å²) in [6, 6.07) is 9.46. The summed E-state index contributed by atoms with van der Waals surface area (Å²) in [6.45, 7) is 1.49. The first-order valence-corrected chi connectivity index (χ1v) is 11.0. The van der Waals surface area contributed by atoms with Crippen molar-refractivity contribution in [3.8, 4) is 0 Å². The number of rotatable bonds is 7. The summed E-state index contributed by atoms with van der Waals surface area (Å²) in [5.41, 5.74) is -0.0320. The fraction of sp³-hybridized carbons (Fsp3) is 0.190. The van der Waals surface area contributed by atoms with Gasteiger partial charge in [-0.3, -0.25) is 5.32 Å². The van der Waals surface area contributed by atoms with Crippen molar-refractivity contribution in [3.63, 3.8) is 0 Å². The molecule has 2 aromatic carbocycles. The number of carbonyl (C=O) groups is 2. The first kappa shape index (κ1) is 23.9. The van der Waals surface area contributed by atoms with E-state index in [-0.39, 0.29) is 24.4 Å². The number of hydrogen-bond acceptors (Lipinski definition) is 8. The van der Waals surface area contributed by atoms with Crippen LogP contribution in [-0.4, -0.2) is 32.8 Å². The zero-order chi connectivity index (χ0) is 24.2. The van der Waals surface area contributed by atoms with Gasteiger partial charge < -0.3 is 13.9 Å². The average Bonchev–Trinajstić information content (AvgIpc) is 2.77. The van der Waals surface area contributed by atoms with E-state index < -0.39 is 38.2 Å². The molecule has 0 saturated carbocycles. The Morgan fingerprint density at radius 3 is 2.39 bits per heavy atom. The molecule has 0 bridgehead atoms. The summed E-state index contributed by atoms with van der Waals surface area (Å²) in [4.78, 5) is 35.1. The molecule has 33 heavy (non-hydrogen) atoms. The molecule has 0 aliphatic carbocycles. The number of anilines is 1. The van der Waals surface area contributed by atoms with E-state index in [1.807, 2.05) is 0 Å². The molecular weight excluding hydrogens is 464 g/mol. The second-order valence-electron chi connectivity index (χ2n) is 6.55. The second-order valence-corrected chi connectivity index (χ2v) is 8.47. The lowest BCUT2D eigenvalue weighted by Gasteiger charge is -2.10. The number of amides is 1. The Morgan fingerprint density at radius 2 is 1.76 bits per heavy atom. The number of ether oxygens (including phenoxy) is 2. The van der Waals surface area contributed by atoms with Crippen LogP contribution in [0.25, 0.3) is 11.0 Å². The number of carbonyl (C=O) groups excluding carboxylic acids is 2. The van der Waals surface area contributed by atoms with Gasteiger partial charge in [0.25, 0.3) is 0 Å². The van der Waals surface area contributed by atoms with Crippen LogP contribution in [0.4, 0.5) is 19.3 Å². The van der Waals surface area contributed by atoms with E-state index in [4.69, 9.17) is 13.9 Å². The minimum Gasteiger partial charge on any atom is -0.457 e. The number of hydrogen-bond donors (Lipinski definition) is 1. The van der Waals surface area contributed by atoms with Gasteiger partial charge >= 0.3 is 23.4 Å². The van der Waals surface area contributed by atoms with Crippen LogP contribution in [0.1, 0.15) is 22.8 Å². The second kappa shape index (κ2) is 9.77. The summed E-state index contributed by atoms with van der Waals surface area (Å²) in [6.07, 6.45) is -0.684. The topological polar surface area (TPSA) is 129 Å². The zero-order valence-electron chi connectivity index (χ0n) is 17.0. The van der Waals surface area contributed by atoms with Gasteiger partial charge in [0.1, 0.15) is 12.2 Å².